The van der Waals surface area contributed by atoms with E-state index in [1.165, 1.54) is 67.0 Å². The summed E-state index contributed by atoms with van der Waals surface area (Å²) in [6, 6.07) is 71.2. The second-order valence-corrected chi connectivity index (χ2v) is 23.2. The van der Waals surface area contributed by atoms with Crippen molar-refractivity contribution in [2.45, 2.75) is 97.8 Å². The molecule has 5 nitrogen and oxygen atoms in total. The molecule has 0 bridgehead atoms. The molecule has 0 radical (unpaired) electrons. The number of pyridine rings is 1. The van der Waals surface area contributed by atoms with E-state index in [0.29, 0.717) is 6.67 Å². The maximum Gasteiger partial charge on any atom is 0.137 e. The Hall–Kier alpha value is -7.89. The van der Waals surface area contributed by atoms with Gasteiger partial charge in [-0.05, 0) is 136 Å². The zero-order valence-electron chi connectivity index (χ0n) is 45.0. The van der Waals surface area contributed by atoms with E-state index >= 15 is 0 Å². The van der Waals surface area contributed by atoms with Crippen LogP contribution >= 0.6 is 0 Å². The summed E-state index contributed by atoms with van der Waals surface area (Å²) in [7, 11) is 0. The number of rotatable bonds is 11. The Balaban J connectivity index is 1.06. The van der Waals surface area contributed by atoms with E-state index in [1.807, 2.05) is 6.20 Å². The Bertz CT molecular complexity index is 3640. The largest absolute Gasteiger partial charge is 0.457 e. The predicted octanol–water partition coefficient (Wildman–Crippen LogP) is 18.1. The first-order chi connectivity index (χ1) is 35.4. The van der Waals surface area contributed by atoms with Gasteiger partial charge in [-0.25, -0.2) is 4.98 Å². The number of benzene rings is 8. The lowest BCUT2D eigenvalue weighted by molar-refractivity contribution is 0.480. The van der Waals surface area contributed by atoms with Crippen LogP contribution in [0.15, 0.2) is 200 Å². The second kappa shape index (κ2) is 18.2. The molecule has 0 fully saturated rings. The monoisotopic (exact) mass is 969 g/mol. The van der Waals surface area contributed by atoms with Crippen molar-refractivity contribution in [1.82, 2.24) is 9.55 Å². The SMILES string of the molecule is Cc1cc2c(cc1C)N(c1cc(C(C)(C)c3ccccc3)cc(C(C)(C)c3ccccc3)c1)CN2c1cc(Oc2ccc3c4ccccc4n(-c4cc(C(C)(C)C)ccn4)c3c2)cc(C(C)(C)c2ccccc2)c1. The molecule has 0 aliphatic carbocycles. The highest BCUT2D eigenvalue weighted by molar-refractivity contribution is 6.09. The fourth-order valence-electron chi connectivity index (χ4n) is 11.1. The van der Waals surface area contributed by atoms with E-state index in [-0.39, 0.29) is 21.7 Å². The summed E-state index contributed by atoms with van der Waals surface area (Å²) in [4.78, 5) is 9.98. The minimum atomic E-state index is -0.351. The molecule has 8 aromatic carbocycles. The number of fused-ring (bicyclic) bond motifs is 4. The molecule has 370 valence electrons. The van der Waals surface area contributed by atoms with Crippen LogP contribution in [-0.2, 0) is 21.7 Å². The summed E-state index contributed by atoms with van der Waals surface area (Å²) in [6.45, 7) is 25.9. The van der Waals surface area contributed by atoms with Crippen molar-refractivity contribution >= 4 is 44.6 Å². The van der Waals surface area contributed by atoms with Crippen LogP contribution in [0.1, 0.15) is 112 Å². The summed E-state index contributed by atoms with van der Waals surface area (Å²) >= 11 is 0. The molecular formula is C69H68N4O. The normalized spacial score (nSPS) is 13.2. The predicted molar refractivity (Wildman–Crippen MR) is 311 cm³/mol. The highest BCUT2D eigenvalue weighted by Crippen LogP contribution is 2.50. The van der Waals surface area contributed by atoms with Crippen molar-refractivity contribution in [3.8, 4) is 17.3 Å². The molecule has 1 aliphatic heterocycles. The summed E-state index contributed by atoms with van der Waals surface area (Å²) in [5.41, 5.74) is 17.1. The second-order valence-electron chi connectivity index (χ2n) is 23.2. The number of hydrogen-bond acceptors (Lipinski definition) is 4. The van der Waals surface area contributed by atoms with Gasteiger partial charge in [0.05, 0.1) is 22.4 Å². The lowest BCUT2D eigenvalue weighted by Crippen LogP contribution is -2.27. The fourth-order valence-corrected chi connectivity index (χ4v) is 11.1. The molecule has 0 amide bonds. The highest BCUT2D eigenvalue weighted by Gasteiger charge is 2.35. The Kier molecular flexibility index (Phi) is 11.9. The summed E-state index contributed by atoms with van der Waals surface area (Å²) in [6.07, 6.45) is 1.94. The molecule has 0 saturated heterocycles. The van der Waals surface area contributed by atoms with Crippen LogP contribution in [0, 0.1) is 13.8 Å². The fraction of sp³-hybridized carbons (Fsp3) is 0.232. The van der Waals surface area contributed by atoms with Gasteiger partial charge >= 0.3 is 0 Å². The Morgan fingerprint density at radius 3 is 1.39 bits per heavy atom. The minimum absolute atomic E-state index is 0.0308. The van der Waals surface area contributed by atoms with Gasteiger partial charge in [0.2, 0.25) is 0 Å². The smallest absolute Gasteiger partial charge is 0.137 e. The van der Waals surface area contributed by atoms with Gasteiger partial charge in [-0.1, -0.05) is 178 Å². The third-order valence-corrected chi connectivity index (χ3v) is 16.3. The van der Waals surface area contributed by atoms with E-state index in [1.54, 1.807) is 0 Å². The van der Waals surface area contributed by atoms with Crippen LogP contribution < -0.4 is 14.5 Å². The number of hydrogen-bond donors (Lipinski definition) is 0. The van der Waals surface area contributed by atoms with Crippen LogP contribution in [0.25, 0.3) is 27.6 Å². The van der Waals surface area contributed by atoms with Crippen molar-refractivity contribution in [3.63, 3.8) is 0 Å². The number of aromatic nitrogens is 2. The number of nitrogens with zero attached hydrogens (tertiary/aromatic N) is 4. The van der Waals surface area contributed by atoms with E-state index in [9.17, 15) is 0 Å². The molecule has 0 atom stereocenters. The van der Waals surface area contributed by atoms with Gasteiger partial charge in [-0.3, -0.25) is 4.57 Å². The zero-order chi connectivity index (χ0) is 51.7. The zero-order valence-corrected chi connectivity index (χ0v) is 45.0. The van der Waals surface area contributed by atoms with E-state index in [2.05, 4.69) is 285 Å². The first-order valence-electron chi connectivity index (χ1n) is 26.2. The summed E-state index contributed by atoms with van der Waals surface area (Å²) in [5, 5.41) is 2.33. The molecule has 74 heavy (non-hydrogen) atoms. The van der Waals surface area contributed by atoms with Crippen LogP contribution in [0.5, 0.6) is 11.5 Å². The lowest BCUT2D eigenvalue weighted by Gasteiger charge is -2.33. The molecule has 5 heteroatoms. The third-order valence-electron chi connectivity index (χ3n) is 16.3. The van der Waals surface area contributed by atoms with Crippen molar-refractivity contribution in [1.29, 1.82) is 0 Å². The van der Waals surface area contributed by atoms with Crippen molar-refractivity contribution in [2.24, 2.45) is 0 Å². The van der Waals surface area contributed by atoms with Crippen LogP contribution in [-0.4, -0.2) is 16.2 Å². The molecule has 1 aliphatic rings. The van der Waals surface area contributed by atoms with Crippen molar-refractivity contribution in [2.75, 3.05) is 16.5 Å². The van der Waals surface area contributed by atoms with Gasteiger partial charge in [0.25, 0.3) is 0 Å². The standard InChI is InChI=1S/C69H68N4O/c1-46-35-63-64(36-47(46)2)72(45-71(63)55-38-52(67(6,7)48-23-15-12-16-24-48)37-53(39-55)68(8,9)49-25-17-13-18-26-49)56-40-54(69(10,11)50-27-19-14-20-28-50)41-58(43-56)74-57-31-32-60-59-29-21-22-30-61(59)73(62(60)44-57)65-42-51(33-34-70-65)66(3,4)5/h12-44H,45H2,1-11H3. The van der Waals surface area contributed by atoms with Gasteiger partial charge in [-0.2, -0.15) is 0 Å². The number of para-hydroxylation sites is 1. The van der Waals surface area contributed by atoms with Crippen molar-refractivity contribution in [3.05, 3.63) is 250 Å². The quantitative estimate of drug-likeness (QED) is 0.129. The topological polar surface area (TPSA) is 33.5 Å². The minimum Gasteiger partial charge on any atom is -0.457 e. The van der Waals surface area contributed by atoms with Gasteiger partial charge in [0.1, 0.15) is 24.0 Å². The molecule has 10 aromatic rings. The van der Waals surface area contributed by atoms with Gasteiger partial charge in [0.15, 0.2) is 0 Å². The molecule has 3 heterocycles. The van der Waals surface area contributed by atoms with E-state index in [0.717, 1.165) is 45.0 Å². The summed E-state index contributed by atoms with van der Waals surface area (Å²) < 4.78 is 9.47. The first-order valence-corrected chi connectivity index (χ1v) is 26.2. The Morgan fingerprint density at radius 2 is 0.865 bits per heavy atom. The van der Waals surface area contributed by atoms with E-state index in [4.69, 9.17) is 9.72 Å². The number of aryl methyl sites for hydroxylation is 2. The average Bonchev–Trinajstić information content (AvgIpc) is 3.94. The maximum atomic E-state index is 7.18. The number of ether oxygens (including phenoxy) is 1. The van der Waals surface area contributed by atoms with E-state index < -0.39 is 0 Å². The van der Waals surface area contributed by atoms with Gasteiger partial charge < -0.3 is 14.5 Å². The highest BCUT2D eigenvalue weighted by atomic mass is 16.5. The average molecular weight is 969 g/mol. The van der Waals surface area contributed by atoms with Crippen molar-refractivity contribution < 1.29 is 4.74 Å². The Morgan fingerprint density at radius 1 is 0.392 bits per heavy atom. The van der Waals surface area contributed by atoms with Gasteiger partial charge in [0, 0.05) is 56.7 Å². The number of anilines is 4. The summed E-state index contributed by atoms with van der Waals surface area (Å²) in [5.74, 6) is 2.43. The van der Waals surface area contributed by atoms with Crippen LogP contribution in [0.2, 0.25) is 0 Å². The van der Waals surface area contributed by atoms with Crippen LogP contribution in [0.4, 0.5) is 22.7 Å². The molecular weight excluding hydrogens is 901 g/mol. The van der Waals surface area contributed by atoms with Crippen LogP contribution in [0.3, 0.4) is 0 Å². The molecule has 0 saturated carbocycles. The molecule has 0 N–H and O–H groups in total. The Labute approximate surface area is 438 Å². The molecule has 11 rings (SSSR count). The first kappa shape index (κ1) is 48.4. The lowest BCUT2D eigenvalue weighted by atomic mass is 9.73. The maximum absolute atomic E-state index is 7.18. The third kappa shape index (κ3) is 8.62. The molecule has 2 aromatic heterocycles. The molecule has 0 unspecified atom stereocenters. The molecule has 0 spiro atoms. The van der Waals surface area contributed by atoms with Gasteiger partial charge in [-0.15, -0.1) is 0 Å².